The van der Waals surface area contributed by atoms with E-state index in [0.29, 0.717) is 0 Å². The normalized spacial score (nSPS) is 11.5. The Morgan fingerprint density at radius 1 is 0.400 bits per heavy atom. The summed E-state index contributed by atoms with van der Waals surface area (Å²) in [6.07, 6.45) is 26.2. The van der Waals surface area contributed by atoms with Gasteiger partial charge in [0.05, 0.1) is 0 Å². The molecule has 0 aliphatic rings. The molecule has 0 atom stereocenters. The summed E-state index contributed by atoms with van der Waals surface area (Å²) >= 11 is 0. The van der Waals surface area contributed by atoms with Crippen LogP contribution in [0.25, 0.3) is 0 Å². The summed E-state index contributed by atoms with van der Waals surface area (Å²) in [5, 5.41) is 0. The molecule has 0 N–H and O–H groups in total. The van der Waals surface area contributed by atoms with Crippen LogP contribution in [-0.4, -0.2) is 0 Å². The Morgan fingerprint density at radius 3 is 1.05 bits per heavy atom. The van der Waals surface area contributed by atoms with Gasteiger partial charge >= 0.3 is 0 Å². The maximum Gasteiger partial charge on any atom is -0.0351 e. The number of allylic oxidation sites excluding steroid dienone is 2. The lowest BCUT2D eigenvalue weighted by Gasteiger charge is -2.00. The lowest BCUT2D eigenvalue weighted by atomic mass is 10.1. The van der Waals surface area contributed by atoms with E-state index in [1.165, 1.54) is 89.9 Å². The van der Waals surface area contributed by atoms with Crippen molar-refractivity contribution < 1.29 is 0 Å². The van der Waals surface area contributed by atoms with Crippen LogP contribution in [0.3, 0.4) is 0 Å². The fraction of sp³-hybridized carbons (Fsp3) is 0.800. The molecule has 0 aromatic rings. The zero-order chi connectivity index (χ0) is 14.7. The maximum atomic E-state index is 3.88. The Bertz CT molecular complexity index is 180. The molecule has 0 saturated heterocycles. The first-order valence-electron chi connectivity index (χ1n) is 9.15. The highest BCUT2D eigenvalue weighted by Gasteiger charge is 1.91. The Labute approximate surface area is 129 Å². The van der Waals surface area contributed by atoms with Gasteiger partial charge < -0.3 is 0 Å². The molecule has 0 spiro atoms. The van der Waals surface area contributed by atoms with E-state index in [1.807, 2.05) is 0 Å². The van der Waals surface area contributed by atoms with Crippen LogP contribution < -0.4 is 0 Å². The summed E-state index contributed by atoms with van der Waals surface area (Å²) in [6.45, 7) is 7.76. The van der Waals surface area contributed by atoms with Crippen molar-refractivity contribution in [2.75, 3.05) is 0 Å². The predicted octanol–water partition coefficient (Wildman–Crippen LogP) is 7.45. The minimum absolute atomic E-state index is 1.10. The Kier molecular flexibility index (Phi) is 18.5. The average molecular weight is 279 g/mol. The van der Waals surface area contributed by atoms with E-state index >= 15 is 0 Å². The molecule has 0 rings (SSSR count). The molecular weight excluding hydrogens is 240 g/mol. The second-order valence-corrected chi connectivity index (χ2v) is 6.00. The van der Waals surface area contributed by atoms with Crippen LogP contribution in [-0.2, 0) is 0 Å². The van der Waals surface area contributed by atoms with E-state index in [0.717, 1.165) is 12.8 Å². The first-order valence-corrected chi connectivity index (χ1v) is 9.15. The molecule has 20 heavy (non-hydrogen) atoms. The van der Waals surface area contributed by atoms with Crippen LogP contribution in [0.2, 0.25) is 0 Å². The van der Waals surface area contributed by atoms with Crippen molar-refractivity contribution in [2.45, 2.75) is 103 Å². The summed E-state index contributed by atoms with van der Waals surface area (Å²) in [4.78, 5) is 0. The van der Waals surface area contributed by atoms with Gasteiger partial charge in [0.1, 0.15) is 0 Å². The van der Waals surface area contributed by atoms with Crippen LogP contribution in [0, 0.1) is 13.8 Å². The van der Waals surface area contributed by atoms with E-state index in [4.69, 9.17) is 0 Å². The standard InChI is InChI=1S/C20H38/c1-3-5-7-9-11-13-15-17-19-20-18-16-14-12-10-8-6-4-2/h15,17H,1-14,16,18-20H2. The predicted molar refractivity (Wildman–Crippen MR) is 93.7 cm³/mol. The fourth-order valence-electron chi connectivity index (χ4n) is 2.53. The number of unbranched alkanes of at least 4 members (excludes halogenated alkanes) is 14. The van der Waals surface area contributed by atoms with Crippen LogP contribution in [0.5, 0.6) is 0 Å². The minimum Gasteiger partial charge on any atom is -0.0885 e. The van der Waals surface area contributed by atoms with Crippen molar-refractivity contribution in [3.8, 4) is 0 Å². The van der Waals surface area contributed by atoms with Crippen LogP contribution >= 0.6 is 0 Å². The molecular formula is C20H38. The third-order valence-electron chi connectivity index (χ3n) is 3.91. The monoisotopic (exact) mass is 278 g/mol. The SMILES string of the molecule is [CH2]CCCCCCC=CCCCCCCCCCC[CH2]. The third kappa shape index (κ3) is 17.7. The summed E-state index contributed by atoms with van der Waals surface area (Å²) < 4.78 is 0. The molecule has 0 aromatic heterocycles. The zero-order valence-corrected chi connectivity index (χ0v) is 13.9. The highest BCUT2D eigenvalue weighted by atomic mass is 14.0. The second kappa shape index (κ2) is 18.7. The van der Waals surface area contributed by atoms with Gasteiger partial charge in [0.15, 0.2) is 0 Å². The molecule has 0 aliphatic carbocycles. The van der Waals surface area contributed by atoms with Crippen molar-refractivity contribution in [1.82, 2.24) is 0 Å². The van der Waals surface area contributed by atoms with Crippen molar-refractivity contribution >= 4 is 0 Å². The van der Waals surface area contributed by atoms with Gasteiger partial charge in [0.2, 0.25) is 0 Å². The van der Waals surface area contributed by atoms with Gasteiger partial charge in [-0.25, -0.2) is 0 Å². The van der Waals surface area contributed by atoms with E-state index in [1.54, 1.807) is 0 Å². The molecule has 118 valence electrons. The van der Waals surface area contributed by atoms with Crippen molar-refractivity contribution in [2.24, 2.45) is 0 Å². The minimum atomic E-state index is 1.10. The third-order valence-corrected chi connectivity index (χ3v) is 3.91. The smallest absolute Gasteiger partial charge is 0.0351 e. The van der Waals surface area contributed by atoms with Gasteiger partial charge in [-0.15, -0.1) is 0 Å². The van der Waals surface area contributed by atoms with Crippen LogP contribution in [0.1, 0.15) is 103 Å². The van der Waals surface area contributed by atoms with Gasteiger partial charge in [-0.1, -0.05) is 103 Å². The van der Waals surface area contributed by atoms with Crippen LogP contribution in [0.4, 0.5) is 0 Å². The molecule has 0 aromatic carbocycles. The summed E-state index contributed by atoms with van der Waals surface area (Å²) in [6, 6.07) is 0. The molecule has 0 nitrogen and oxygen atoms in total. The molecule has 0 amide bonds. The van der Waals surface area contributed by atoms with E-state index in [-0.39, 0.29) is 0 Å². The Morgan fingerprint density at radius 2 is 0.700 bits per heavy atom. The zero-order valence-electron chi connectivity index (χ0n) is 13.9. The lowest BCUT2D eigenvalue weighted by Crippen LogP contribution is -1.81. The highest BCUT2D eigenvalue weighted by Crippen LogP contribution is 2.11. The number of hydrogen-bond acceptors (Lipinski definition) is 0. The Balaban J connectivity index is 3.01. The summed E-state index contributed by atoms with van der Waals surface area (Å²) in [7, 11) is 0. The molecule has 0 aliphatic heterocycles. The molecule has 0 heterocycles. The van der Waals surface area contributed by atoms with E-state index in [2.05, 4.69) is 26.0 Å². The maximum absolute atomic E-state index is 3.88. The van der Waals surface area contributed by atoms with E-state index in [9.17, 15) is 0 Å². The van der Waals surface area contributed by atoms with Gasteiger partial charge in [0.25, 0.3) is 0 Å². The molecule has 2 radical (unpaired) electrons. The molecule has 0 heteroatoms. The fourth-order valence-corrected chi connectivity index (χ4v) is 2.53. The number of hydrogen-bond donors (Lipinski definition) is 0. The van der Waals surface area contributed by atoms with Crippen molar-refractivity contribution in [1.29, 1.82) is 0 Å². The van der Waals surface area contributed by atoms with Gasteiger partial charge in [0, 0.05) is 0 Å². The van der Waals surface area contributed by atoms with Crippen LogP contribution in [0.15, 0.2) is 12.2 Å². The highest BCUT2D eigenvalue weighted by molar-refractivity contribution is 4.81. The average Bonchev–Trinajstić information content (AvgIpc) is 2.47. The second-order valence-electron chi connectivity index (χ2n) is 6.00. The molecule has 0 fully saturated rings. The quantitative estimate of drug-likeness (QED) is 0.203. The summed E-state index contributed by atoms with van der Waals surface area (Å²) in [5.41, 5.74) is 0. The molecule has 0 saturated carbocycles. The van der Waals surface area contributed by atoms with Gasteiger partial charge in [-0.2, -0.15) is 0 Å². The first kappa shape index (κ1) is 19.7. The molecule has 0 unspecified atom stereocenters. The topological polar surface area (TPSA) is 0 Å². The van der Waals surface area contributed by atoms with Gasteiger partial charge in [-0.3, -0.25) is 0 Å². The van der Waals surface area contributed by atoms with Crippen molar-refractivity contribution in [3.05, 3.63) is 26.0 Å². The summed E-state index contributed by atoms with van der Waals surface area (Å²) in [5.74, 6) is 0. The largest absolute Gasteiger partial charge is 0.0885 e. The van der Waals surface area contributed by atoms with E-state index < -0.39 is 0 Å². The Hall–Kier alpha value is -0.260. The lowest BCUT2D eigenvalue weighted by molar-refractivity contribution is 0.570. The van der Waals surface area contributed by atoms with Gasteiger partial charge in [-0.05, 0) is 25.7 Å². The molecule has 0 bridgehead atoms. The van der Waals surface area contributed by atoms with Crippen molar-refractivity contribution in [3.63, 3.8) is 0 Å². The number of rotatable bonds is 16. The first-order chi connectivity index (χ1) is 9.91.